The van der Waals surface area contributed by atoms with Crippen molar-refractivity contribution in [2.24, 2.45) is 5.73 Å². The second-order valence-corrected chi connectivity index (χ2v) is 3.95. The van der Waals surface area contributed by atoms with Crippen LogP contribution in [-0.4, -0.2) is 22.1 Å². The number of benzene rings is 1. The maximum absolute atomic E-state index is 11.0. The molecule has 17 heavy (non-hydrogen) atoms. The van der Waals surface area contributed by atoms with Gasteiger partial charge in [0.05, 0.1) is 5.69 Å². The molecule has 0 saturated carbocycles. The number of fused-ring (bicyclic) bond motifs is 1. The van der Waals surface area contributed by atoms with Gasteiger partial charge in [-0.2, -0.15) is 5.10 Å². The van der Waals surface area contributed by atoms with E-state index in [4.69, 9.17) is 5.73 Å². The summed E-state index contributed by atoms with van der Waals surface area (Å²) in [4.78, 5) is 11.0. The van der Waals surface area contributed by atoms with E-state index in [-0.39, 0.29) is 0 Å². The summed E-state index contributed by atoms with van der Waals surface area (Å²) in [5.41, 5.74) is 6.07. The maximum Gasteiger partial charge on any atom is 0.239 e. The highest BCUT2D eigenvalue weighted by atomic mass is 16.1. The van der Waals surface area contributed by atoms with Gasteiger partial charge in [-0.3, -0.25) is 4.79 Å². The van der Waals surface area contributed by atoms with Crippen LogP contribution in [0.1, 0.15) is 12.6 Å². The van der Waals surface area contributed by atoms with Crippen LogP contribution in [0.25, 0.3) is 10.8 Å². The first-order valence-electron chi connectivity index (χ1n) is 5.37. The molecule has 2 aromatic rings. The molecule has 0 aliphatic carbocycles. The van der Waals surface area contributed by atoms with Crippen LogP contribution in [0.3, 0.4) is 0 Å². The highest BCUT2D eigenvalue weighted by Crippen LogP contribution is 2.22. The van der Waals surface area contributed by atoms with Gasteiger partial charge in [0.2, 0.25) is 5.91 Å². The van der Waals surface area contributed by atoms with Crippen molar-refractivity contribution in [3.63, 3.8) is 0 Å². The molecule has 0 radical (unpaired) electrons. The normalized spacial score (nSPS) is 12.4. The summed E-state index contributed by atoms with van der Waals surface area (Å²) in [5.74, 6) is 0.161. The van der Waals surface area contributed by atoms with Crippen LogP contribution in [0.5, 0.6) is 0 Å². The van der Waals surface area contributed by atoms with Crippen LogP contribution in [0.15, 0.2) is 24.3 Å². The molecule has 88 valence electrons. The third-order valence-electron chi connectivity index (χ3n) is 2.65. The molecule has 0 saturated heterocycles. The highest BCUT2D eigenvalue weighted by molar-refractivity contribution is 5.94. The zero-order valence-electron chi connectivity index (χ0n) is 9.77. The predicted molar refractivity (Wildman–Crippen MR) is 66.6 cm³/mol. The standard InChI is InChI=1S/C12H14N4O/c1-7-9-5-3-4-6-10(9)12(16-15-7)14-8(2)11(13)17/h3-6,8H,1-2H3,(H2,13,17)(H,14,16). The van der Waals surface area contributed by atoms with Crippen molar-refractivity contribution < 1.29 is 4.79 Å². The summed E-state index contributed by atoms with van der Waals surface area (Å²) in [6.07, 6.45) is 0. The lowest BCUT2D eigenvalue weighted by molar-refractivity contribution is -0.118. The molecule has 1 aromatic heterocycles. The Kier molecular flexibility index (Phi) is 2.91. The second kappa shape index (κ2) is 4.37. The number of hydrogen-bond donors (Lipinski definition) is 2. The van der Waals surface area contributed by atoms with Gasteiger partial charge >= 0.3 is 0 Å². The Labute approximate surface area is 99.0 Å². The zero-order valence-corrected chi connectivity index (χ0v) is 9.77. The van der Waals surface area contributed by atoms with E-state index in [9.17, 15) is 4.79 Å². The predicted octanol–water partition coefficient (Wildman–Crippen LogP) is 1.22. The topological polar surface area (TPSA) is 80.9 Å². The van der Waals surface area contributed by atoms with Crippen LogP contribution in [0, 0.1) is 6.92 Å². The van der Waals surface area contributed by atoms with Gasteiger partial charge in [-0.1, -0.05) is 24.3 Å². The van der Waals surface area contributed by atoms with E-state index in [2.05, 4.69) is 15.5 Å². The molecular weight excluding hydrogens is 216 g/mol. The van der Waals surface area contributed by atoms with Crippen LogP contribution in [-0.2, 0) is 4.79 Å². The van der Waals surface area contributed by atoms with E-state index in [1.165, 1.54) is 0 Å². The fourth-order valence-electron chi connectivity index (χ4n) is 1.62. The number of carbonyl (C=O) groups is 1. The number of nitrogens with two attached hydrogens (primary N) is 1. The molecule has 0 bridgehead atoms. The van der Waals surface area contributed by atoms with E-state index in [0.717, 1.165) is 16.5 Å². The van der Waals surface area contributed by atoms with E-state index < -0.39 is 11.9 Å². The van der Waals surface area contributed by atoms with Gasteiger partial charge in [0, 0.05) is 10.8 Å². The third kappa shape index (κ3) is 2.18. The van der Waals surface area contributed by atoms with E-state index >= 15 is 0 Å². The van der Waals surface area contributed by atoms with E-state index in [1.54, 1.807) is 6.92 Å². The minimum atomic E-state index is -0.476. The SMILES string of the molecule is Cc1nnc(NC(C)C(N)=O)c2ccccc12. The number of primary amides is 1. The summed E-state index contributed by atoms with van der Waals surface area (Å²) >= 11 is 0. The van der Waals surface area contributed by atoms with Crippen molar-refractivity contribution in [2.75, 3.05) is 5.32 Å². The zero-order chi connectivity index (χ0) is 12.4. The van der Waals surface area contributed by atoms with Gasteiger partial charge in [0.25, 0.3) is 0 Å². The molecule has 0 fully saturated rings. The fourth-order valence-corrected chi connectivity index (χ4v) is 1.62. The number of anilines is 1. The van der Waals surface area contributed by atoms with Crippen LogP contribution in [0.4, 0.5) is 5.82 Å². The Morgan fingerprint density at radius 2 is 1.94 bits per heavy atom. The first-order valence-corrected chi connectivity index (χ1v) is 5.37. The van der Waals surface area contributed by atoms with Crippen LogP contribution < -0.4 is 11.1 Å². The van der Waals surface area contributed by atoms with Gasteiger partial charge in [-0.05, 0) is 13.8 Å². The van der Waals surface area contributed by atoms with Gasteiger partial charge in [0.15, 0.2) is 5.82 Å². The van der Waals surface area contributed by atoms with E-state index in [1.807, 2.05) is 31.2 Å². The van der Waals surface area contributed by atoms with Gasteiger partial charge in [-0.25, -0.2) is 0 Å². The lowest BCUT2D eigenvalue weighted by atomic mass is 10.1. The molecule has 1 aromatic carbocycles. The molecule has 0 spiro atoms. The molecule has 5 heteroatoms. The molecular formula is C12H14N4O. The number of aromatic nitrogens is 2. The average Bonchev–Trinajstić information content (AvgIpc) is 2.33. The Balaban J connectivity index is 2.48. The summed E-state index contributed by atoms with van der Waals surface area (Å²) in [7, 11) is 0. The third-order valence-corrected chi connectivity index (χ3v) is 2.65. The lowest BCUT2D eigenvalue weighted by Gasteiger charge is -2.12. The van der Waals surface area contributed by atoms with Crippen molar-refractivity contribution >= 4 is 22.5 Å². The Hall–Kier alpha value is -2.17. The van der Waals surface area contributed by atoms with Crippen molar-refractivity contribution in [3.05, 3.63) is 30.0 Å². The molecule has 0 aliphatic rings. The van der Waals surface area contributed by atoms with Crippen molar-refractivity contribution in [3.8, 4) is 0 Å². The van der Waals surface area contributed by atoms with Gasteiger partial charge in [-0.15, -0.1) is 5.10 Å². The lowest BCUT2D eigenvalue weighted by Crippen LogP contribution is -2.32. The van der Waals surface area contributed by atoms with E-state index in [0.29, 0.717) is 5.82 Å². The molecule has 5 nitrogen and oxygen atoms in total. The molecule has 1 unspecified atom stereocenters. The molecule has 0 aliphatic heterocycles. The summed E-state index contributed by atoms with van der Waals surface area (Å²) in [6, 6.07) is 7.30. The molecule has 1 amide bonds. The number of hydrogen-bond acceptors (Lipinski definition) is 4. The summed E-state index contributed by atoms with van der Waals surface area (Å²) in [5, 5.41) is 13.0. The second-order valence-electron chi connectivity index (χ2n) is 3.95. The fraction of sp³-hybridized carbons (Fsp3) is 0.250. The average molecular weight is 230 g/mol. The highest BCUT2D eigenvalue weighted by Gasteiger charge is 2.12. The largest absolute Gasteiger partial charge is 0.368 e. The van der Waals surface area contributed by atoms with Crippen LogP contribution in [0.2, 0.25) is 0 Å². The maximum atomic E-state index is 11.0. The molecule has 1 atom stereocenters. The quantitative estimate of drug-likeness (QED) is 0.830. The van der Waals surface area contributed by atoms with Gasteiger partial charge in [0.1, 0.15) is 6.04 Å². The molecule has 3 N–H and O–H groups in total. The number of aryl methyl sites for hydroxylation is 1. The summed E-state index contributed by atoms with van der Waals surface area (Å²) < 4.78 is 0. The Morgan fingerprint density at radius 3 is 2.59 bits per heavy atom. The molecule has 1 heterocycles. The van der Waals surface area contributed by atoms with Crippen molar-refractivity contribution in [1.82, 2.24) is 10.2 Å². The van der Waals surface area contributed by atoms with Crippen molar-refractivity contribution in [2.45, 2.75) is 19.9 Å². The smallest absolute Gasteiger partial charge is 0.239 e. The number of carbonyl (C=O) groups excluding carboxylic acids is 1. The first kappa shape index (κ1) is 11.3. The first-order chi connectivity index (χ1) is 8.09. The minimum absolute atomic E-state index is 0.420. The number of nitrogens with one attached hydrogen (secondary N) is 1. The Bertz CT molecular complexity index is 567. The monoisotopic (exact) mass is 230 g/mol. The molecule has 2 rings (SSSR count). The summed E-state index contributed by atoms with van der Waals surface area (Å²) in [6.45, 7) is 3.59. The number of amides is 1. The van der Waals surface area contributed by atoms with Gasteiger partial charge < -0.3 is 11.1 Å². The Morgan fingerprint density at radius 1 is 1.29 bits per heavy atom. The van der Waals surface area contributed by atoms with Crippen molar-refractivity contribution in [1.29, 1.82) is 0 Å². The minimum Gasteiger partial charge on any atom is -0.368 e. The number of nitrogens with zero attached hydrogens (tertiary/aromatic N) is 2. The number of rotatable bonds is 3. The van der Waals surface area contributed by atoms with Crippen LogP contribution >= 0.6 is 0 Å².